The molecule has 4 aromatic carbocycles. The Balaban J connectivity index is 1.15. The normalized spacial score (nSPS) is 15.8. The van der Waals surface area contributed by atoms with E-state index in [1.807, 2.05) is 113 Å². The van der Waals surface area contributed by atoms with Crippen molar-refractivity contribution in [3.63, 3.8) is 0 Å². The minimum absolute atomic E-state index is 0.0354. The van der Waals surface area contributed by atoms with Gasteiger partial charge in [-0.15, -0.1) is 0 Å². The van der Waals surface area contributed by atoms with Gasteiger partial charge in [0.1, 0.15) is 36.2 Å². The van der Waals surface area contributed by atoms with Crippen LogP contribution >= 0.6 is 0 Å². The number of rotatable bonds is 34. The second kappa shape index (κ2) is 36.0. The van der Waals surface area contributed by atoms with E-state index in [-0.39, 0.29) is 57.8 Å². The highest BCUT2D eigenvalue weighted by Crippen LogP contribution is 2.35. The first-order valence-electron chi connectivity index (χ1n) is 34.1. The molecule has 0 radical (unpaired) electrons. The van der Waals surface area contributed by atoms with E-state index < -0.39 is 118 Å². The molecule has 5 aromatic rings. The molecule has 4 amide bonds. The lowest BCUT2D eigenvalue weighted by Gasteiger charge is -2.36. The maximum Gasteiger partial charge on any atom is 0.408 e. The fourth-order valence-corrected chi connectivity index (χ4v) is 11.7. The Labute approximate surface area is 583 Å². The average Bonchev–Trinajstić information content (AvgIpc) is 0.819. The number of Topliss-reactive ketones (excluding diaryl/α,β-unsaturated/α-hetero) is 3. The number of nitrogens with zero attached hydrogens (tertiary/aromatic N) is 3. The van der Waals surface area contributed by atoms with Gasteiger partial charge in [-0.25, -0.2) is 14.6 Å². The summed E-state index contributed by atoms with van der Waals surface area (Å²) in [5.41, 5.74) is 4.00. The number of likely N-dealkylation sites (tertiary alicyclic amines) is 1. The lowest BCUT2D eigenvalue weighted by molar-refractivity contribution is -0.164. The number of amides is 4. The van der Waals surface area contributed by atoms with Crippen molar-refractivity contribution in [2.24, 2.45) is 28.1 Å². The second-order valence-corrected chi connectivity index (χ2v) is 29.3. The van der Waals surface area contributed by atoms with E-state index in [9.17, 15) is 53.7 Å². The van der Waals surface area contributed by atoms with Crippen molar-refractivity contribution in [3.05, 3.63) is 144 Å². The number of aliphatic hydroxyl groups excluding tert-OH is 3. The summed E-state index contributed by atoms with van der Waals surface area (Å²) in [4.78, 5) is 117. The second-order valence-electron chi connectivity index (χ2n) is 29.3. The first-order valence-corrected chi connectivity index (χ1v) is 34.1. The van der Waals surface area contributed by atoms with Gasteiger partial charge < -0.3 is 54.5 Å². The minimum Gasteiger partial charge on any atom is -0.493 e. The number of nitrogens with one attached hydrogen (secondary N) is 3. The average molecular weight is 1370 g/mol. The number of carbonyl (C=O) groups is 8. The van der Waals surface area contributed by atoms with Gasteiger partial charge in [0.2, 0.25) is 11.7 Å². The van der Waals surface area contributed by atoms with Crippen molar-refractivity contribution in [3.8, 4) is 28.5 Å². The summed E-state index contributed by atoms with van der Waals surface area (Å²) in [6, 6.07) is 32.6. The molecule has 1 aliphatic rings. The Kier molecular flexibility index (Phi) is 28.9. The van der Waals surface area contributed by atoms with Crippen LogP contribution in [0.3, 0.4) is 0 Å². The topological polar surface area (TPSA) is 299 Å². The number of esters is 1. The van der Waals surface area contributed by atoms with E-state index in [4.69, 9.17) is 23.7 Å². The number of hydrogen-bond donors (Lipinski definition) is 6. The first-order chi connectivity index (χ1) is 46.6. The number of ketones is 3. The molecule has 0 unspecified atom stereocenters. The Bertz CT molecular complexity index is 3510. The summed E-state index contributed by atoms with van der Waals surface area (Å²) in [6.45, 7) is 20.8. The summed E-state index contributed by atoms with van der Waals surface area (Å²) in [5.74, 6) is -5.58. The number of aliphatic hydroxyl groups is 3. The van der Waals surface area contributed by atoms with Crippen LogP contribution in [-0.4, -0.2) is 154 Å². The molecule has 6 rings (SSSR count). The van der Waals surface area contributed by atoms with Crippen molar-refractivity contribution >= 4 is 47.1 Å². The zero-order valence-corrected chi connectivity index (χ0v) is 60.1. The van der Waals surface area contributed by atoms with Crippen molar-refractivity contribution < 1.29 is 77.4 Å². The third-order valence-corrected chi connectivity index (χ3v) is 17.9. The zero-order chi connectivity index (χ0) is 73.0. The van der Waals surface area contributed by atoms with E-state index >= 15 is 0 Å². The van der Waals surface area contributed by atoms with Gasteiger partial charge in [-0.3, -0.25) is 39.2 Å². The molecule has 1 fully saturated rings. The molecule has 0 bridgehead atoms. The van der Waals surface area contributed by atoms with Crippen LogP contribution in [0.2, 0.25) is 0 Å². The lowest BCUT2D eigenvalue weighted by atomic mass is 9.76. The lowest BCUT2D eigenvalue weighted by Crippen LogP contribution is -2.53. The molecule has 2 heterocycles. The number of methoxy groups -OCH3 is 2. The van der Waals surface area contributed by atoms with Gasteiger partial charge in [0.15, 0.2) is 29.2 Å². The van der Waals surface area contributed by atoms with E-state index in [2.05, 4.69) is 21.0 Å². The van der Waals surface area contributed by atoms with E-state index in [1.54, 1.807) is 91.9 Å². The third kappa shape index (κ3) is 23.8. The monoisotopic (exact) mass is 1370 g/mol. The summed E-state index contributed by atoms with van der Waals surface area (Å²) in [7, 11) is 3.07. The number of pyridine rings is 1. The SMILES string of the molecule is CCC(C)(C)C(=O)C(=O)N1CCCC[C@H]1C(=O)O[C@H](CCc1ccc(OC)c(OC)c1)c1cccc(OCCNC(=O)[C@@H](O)[C@@H](O)C(=O)C[C@H](C(=O)NN(Cc2ccc(-c3ccccn3)cc2)C[C@H](O)[C@@H](CC(=O)[C@@H](NC(=O)OC(C)(C)C)C(C)(C)C)Cc2ccccc2)C(C)(C)C)c1. The molecular formula is C77H104N6O16. The molecule has 22 heteroatoms. The molecule has 1 aliphatic heterocycles. The summed E-state index contributed by atoms with van der Waals surface area (Å²) in [5, 5.41) is 41.7. The number of aromatic nitrogens is 1. The Morgan fingerprint density at radius 2 is 1.37 bits per heavy atom. The van der Waals surface area contributed by atoms with Gasteiger partial charge in [-0.05, 0) is 141 Å². The molecule has 99 heavy (non-hydrogen) atoms. The number of piperidine rings is 1. The van der Waals surface area contributed by atoms with E-state index in [1.165, 1.54) is 24.1 Å². The number of carbonyl (C=O) groups excluding carboxylic acids is 8. The summed E-state index contributed by atoms with van der Waals surface area (Å²) in [6.07, 6.45) is -3.54. The minimum atomic E-state index is -2.25. The Morgan fingerprint density at radius 1 is 0.697 bits per heavy atom. The predicted octanol–water partition coefficient (Wildman–Crippen LogP) is 9.86. The van der Waals surface area contributed by atoms with Crippen LogP contribution in [0.25, 0.3) is 11.3 Å². The molecule has 1 saturated heterocycles. The molecule has 8 atom stereocenters. The van der Waals surface area contributed by atoms with Crippen LogP contribution < -0.4 is 30.3 Å². The molecule has 1 aromatic heterocycles. The molecule has 0 saturated carbocycles. The van der Waals surface area contributed by atoms with Gasteiger partial charge in [-0.2, -0.15) is 0 Å². The van der Waals surface area contributed by atoms with Gasteiger partial charge in [-0.1, -0.05) is 141 Å². The van der Waals surface area contributed by atoms with Gasteiger partial charge >= 0.3 is 12.1 Å². The molecule has 22 nitrogen and oxygen atoms in total. The quantitative estimate of drug-likeness (QED) is 0.00966. The van der Waals surface area contributed by atoms with E-state index in [0.29, 0.717) is 54.9 Å². The third-order valence-electron chi connectivity index (χ3n) is 17.9. The van der Waals surface area contributed by atoms with Crippen LogP contribution in [0.1, 0.15) is 156 Å². The number of hydrazine groups is 1. The molecule has 0 aliphatic carbocycles. The molecular weight excluding hydrogens is 1260 g/mol. The summed E-state index contributed by atoms with van der Waals surface area (Å²) < 4.78 is 28.8. The number of benzene rings is 4. The largest absolute Gasteiger partial charge is 0.493 e. The van der Waals surface area contributed by atoms with Crippen molar-refractivity contribution in [2.75, 3.05) is 40.5 Å². The highest BCUT2D eigenvalue weighted by molar-refractivity contribution is 6.38. The van der Waals surface area contributed by atoms with Crippen molar-refractivity contribution in [1.82, 2.24) is 31.0 Å². The molecule has 538 valence electrons. The Hall–Kier alpha value is -8.57. The number of aryl methyl sites for hydroxylation is 1. The fourth-order valence-electron chi connectivity index (χ4n) is 11.7. The van der Waals surface area contributed by atoms with Crippen LogP contribution in [0.5, 0.6) is 17.2 Å². The van der Waals surface area contributed by atoms with Crippen LogP contribution in [-0.2, 0) is 62.4 Å². The molecule has 0 spiro atoms. The van der Waals surface area contributed by atoms with Crippen molar-refractivity contribution in [2.45, 2.75) is 190 Å². The van der Waals surface area contributed by atoms with Gasteiger partial charge in [0, 0.05) is 49.7 Å². The maximum absolute atomic E-state index is 14.8. The first kappa shape index (κ1) is 79.4. The number of hydrogen-bond acceptors (Lipinski definition) is 18. The highest BCUT2D eigenvalue weighted by atomic mass is 16.6. The Morgan fingerprint density at radius 3 is 2.00 bits per heavy atom. The number of alkyl carbamates (subject to hydrolysis) is 1. The molecule has 6 N–H and O–H groups in total. The van der Waals surface area contributed by atoms with Gasteiger partial charge in [0.05, 0.1) is 44.5 Å². The summed E-state index contributed by atoms with van der Waals surface area (Å²) >= 11 is 0. The smallest absolute Gasteiger partial charge is 0.408 e. The van der Waals surface area contributed by atoms with Crippen molar-refractivity contribution in [1.29, 1.82) is 0 Å². The fraction of sp³-hybridized carbons (Fsp3) is 0.519. The van der Waals surface area contributed by atoms with Crippen LogP contribution in [0.4, 0.5) is 4.79 Å². The van der Waals surface area contributed by atoms with Gasteiger partial charge in [0.25, 0.3) is 11.8 Å². The predicted molar refractivity (Wildman–Crippen MR) is 375 cm³/mol. The number of ether oxygens (including phenoxy) is 5. The maximum atomic E-state index is 14.8. The van der Waals surface area contributed by atoms with E-state index in [0.717, 1.165) is 27.9 Å². The van der Waals surface area contributed by atoms with Crippen LogP contribution in [0.15, 0.2) is 121 Å². The highest BCUT2D eigenvalue weighted by Gasteiger charge is 2.43. The van der Waals surface area contributed by atoms with Crippen LogP contribution in [0, 0.1) is 28.1 Å². The standard InChI is InChI=1S/C77H104N6O16/c1-15-77(11,12)68(89)71(92)83-40-22-20-29-58(83)72(93)98-62(36-32-50-33-37-63(95-13)64(43-50)96-14)53-26-23-27-55(44-53)97-41-39-79-70(91)66(88)65(87)59(84)46-56(74(2,3)4)69(90)81-82(47-51-30-34-52(35-31-51)57-28-19-21-38-78-57)48-61(86)54(42-49-24-17-16-18-25-49)45-60(85)67(75(5,6)7)80-73(94)99-76(8,9)10/h16-19,21,23-28,30-31,33-35,37-38,43-44,54,56,58,61-62,65-67,86-88H,15,20,22,29,32,36,39-42,45-48H2,1-14H3,(H,79,91)(H,80,94)(H,81,90)/t54-,56-,58+,61+,62-,65+,66+,67-/m1/s1. The zero-order valence-electron chi connectivity index (χ0n) is 60.1.